The second-order valence-electron chi connectivity index (χ2n) is 10.1. The Bertz CT molecular complexity index is 1350. The summed E-state index contributed by atoms with van der Waals surface area (Å²) in [6.07, 6.45) is 0. The van der Waals surface area contributed by atoms with Crippen LogP contribution in [0.3, 0.4) is 0 Å². The molecule has 0 bridgehead atoms. The van der Waals surface area contributed by atoms with Crippen LogP contribution in [-0.2, 0) is 14.9 Å². The Morgan fingerprint density at radius 1 is 0.538 bits per heavy atom. The lowest BCUT2D eigenvalue weighted by molar-refractivity contribution is -0.00523. The zero-order valence-electron chi connectivity index (χ0n) is 22.6. The van der Waals surface area contributed by atoms with Crippen LogP contribution in [0.15, 0.2) is 152 Å². The minimum Gasteiger partial charge on any atom is -0.361 e. The van der Waals surface area contributed by atoms with Crippen molar-refractivity contribution in [3.8, 4) is 0 Å². The molecule has 0 aromatic heterocycles. The van der Waals surface area contributed by atoms with Gasteiger partial charge in [0.15, 0.2) is 0 Å². The van der Waals surface area contributed by atoms with Gasteiger partial charge in [-0.25, -0.2) is 0 Å². The monoisotopic (exact) mass is 530 g/mol. The Morgan fingerprint density at radius 2 is 0.846 bits per heavy atom. The van der Waals surface area contributed by atoms with Gasteiger partial charge in [-0.2, -0.15) is 0 Å². The highest BCUT2D eigenvalue weighted by Crippen LogP contribution is 2.52. The van der Waals surface area contributed by atoms with Crippen LogP contribution in [0.2, 0.25) is 0 Å². The van der Waals surface area contributed by atoms with Crippen molar-refractivity contribution in [1.82, 2.24) is 0 Å². The van der Waals surface area contributed by atoms with E-state index < -0.39 is 12.7 Å². The quantitative estimate of drug-likeness (QED) is 0.135. The van der Waals surface area contributed by atoms with E-state index in [1.54, 1.807) is 0 Å². The van der Waals surface area contributed by atoms with Gasteiger partial charge < -0.3 is 9.30 Å². The SMILES string of the molecule is C[C@H](COC(c1ccccc1)(c1ccccc1)c1ccccc1)[C@@H](C)P(=O)(c1ccccc1)c1ccccc1. The van der Waals surface area contributed by atoms with Gasteiger partial charge >= 0.3 is 0 Å². The molecule has 0 unspecified atom stereocenters. The van der Waals surface area contributed by atoms with E-state index in [0.29, 0.717) is 6.61 Å². The summed E-state index contributed by atoms with van der Waals surface area (Å²) in [5.41, 5.74) is 2.26. The first-order chi connectivity index (χ1) is 19.1. The van der Waals surface area contributed by atoms with Gasteiger partial charge in [0.2, 0.25) is 0 Å². The van der Waals surface area contributed by atoms with Gasteiger partial charge in [-0.1, -0.05) is 166 Å². The lowest BCUT2D eigenvalue weighted by Gasteiger charge is -2.38. The first-order valence-electron chi connectivity index (χ1n) is 13.6. The summed E-state index contributed by atoms with van der Waals surface area (Å²) in [4.78, 5) is 0. The van der Waals surface area contributed by atoms with E-state index in [9.17, 15) is 0 Å². The number of benzene rings is 5. The molecule has 196 valence electrons. The van der Waals surface area contributed by atoms with Crippen LogP contribution in [0.1, 0.15) is 30.5 Å². The number of rotatable bonds is 10. The van der Waals surface area contributed by atoms with Crippen LogP contribution >= 0.6 is 7.14 Å². The summed E-state index contributed by atoms with van der Waals surface area (Å²) in [6.45, 7) is 4.71. The van der Waals surface area contributed by atoms with Gasteiger partial charge in [-0.15, -0.1) is 0 Å². The molecule has 0 radical (unpaired) electrons. The highest BCUT2D eigenvalue weighted by atomic mass is 31.2. The van der Waals surface area contributed by atoms with Crippen molar-refractivity contribution in [3.63, 3.8) is 0 Å². The fourth-order valence-corrected chi connectivity index (χ4v) is 8.71. The summed E-state index contributed by atoms with van der Waals surface area (Å²) in [5.74, 6) is 0.00626. The predicted molar refractivity (Wildman–Crippen MR) is 164 cm³/mol. The molecule has 2 atom stereocenters. The Balaban J connectivity index is 1.56. The summed E-state index contributed by atoms with van der Waals surface area (Å²) in [6, 6.07) is 51.1. The third-order valence-electron chi connectivity index (χ3n) is 7.78. The Morgan fingerprint density at radius 3 is 1.18 bits per heavy atom. The van der Waals surface area contributed by atoms with Crippen molar-refractivity contribution in [2.75, 3.05) is 6.61 Å². The molecule has 2 nitrogen and oxygen atoms in total. The molecule has 0 N–H and O–H groups in total. The fourth-order valence-electron chi connectivity index (χ4n) is 5.44. The van der Waals surface area contributed by atoms with Crippen LogP contribution in [0.25, 0.3) is 0 Å². The van der Waals surface area contributed by atoms with Gasteiger partial charge in [0, 0.05) is 16.3 Å². The van der Waals surface area contributed by atoms with E-state index in [2.05, 4.69) is 86.6 Å². The Labute approximate surface area is 232 Å². The predicted octanol–water partition coefficient (Wildman–Crippen LogP) is 8.03. The van der Waals surface area contributed by atoms with Crippen LogP contribution in [0.4, 0.5) is 0 Å². The molecule has 0 heterocycles. The number of hydrogen-bond acceptors (Lipinski definition) is 2. The third-order valence-corrected chi connectivity index (χ3v) is 11.6. The molecule has 5 aromatic rings. The molecule has 0 spiro atoms. The average Bonchev–Trinajstić information content (AvgIpc) is 3.03. The molecule has 0 fully saturated rings. The minimum absolute atomic E-state index is 0.00626. The zero-order chi connectivity index (χ0) is 27.1. The molecular weight excluding hydrogens is 495 g/mol. The van der Waals surface area contributed by atoms with E-state index in [0.717, 1.165) is 27.3 Å². The zero-order valence-corrected chi connectivity index (χ0v) is 23.5. The van der Waals surface area contributed by atoms with Crippen LogP contribution in [-0.4, -0.2) is 12.3 Å². The van der Waals surface area contributed by atoms with Gasteiger partial charge in [-0.3, -0.25) is 0 Å². The van der Waals surface area contributed by atoms with E-state index in [1.165, 1.54) is 0 Å². The summed E-state index contributed by atoms with van der Waals surface area (Å²) in [5, 5.41) is 1.77. The smallest absolute Gasteiger partial charge is 0.146 e. The Hall–Kier alpha value is -3.71. The number of ether oxygens (including phenoxy) is 1. The van der Waals surface area contributed by atoms with Gasteiger partial charge in [-0.05, 0) is 22.6 Å². The third kappa shape index (κ3) is 5.28. The van der Waals surface area contributed by atoms with Crippen LogP contribution in [0.5, 0.6) is 0 Å². The van der Waals surface area contributed by atoms with E-state index in [1.807, 2.05) is 78.9 Å². The molecule has 0 aliphatic heterocycles. The summed E-state index contributed by atoms with van der Waals surface area (Å²) in [7, 11) is -2.95. The van der Waals surface area contributed by atoms with Crippen molar-refractivity contribution >= 4 is 17.8 Å². The van der Waals surface area contributed by atoms with E-state index in [4.69, 9.17) is 4.74 Å². The molecule has 5 aromatic carbocycles. The second kappa shape index (κ2) is 12.0. The number of hydrogen-bond donors (Lipinski definition) is 0. The fraction of sp³-hybridized carbons (Fsp3) is 0.167. The maximum Gasteiger partial charge on any atom is 0.146 e. The van der Waals surface area contributed by atoms with Crippen molar-refractivity contribution in [3.05, 3.63) is 168 Å². The van der Waals surface area contributed by atoms with Crippen LogP contribution < -0.4 is 10.6 Å². The first-order valence-corrected chi connectivity index (χ1v) is 15.4. The molecule has 3 heteroatoms. The highest BCUT2D eigenvalue weighted by Gasteiger charge is 2.41. The lowest BCUT2D eigenvalue weighted by atomic mass is 9.80. The highest BCUT2D eigenvalue weighted by molar-refractivity contribution is 7.79. The molecule has 0 saturated carbocycles. The summed E-state index contributed by atoms with van der Waals surface area (Å²) < 4.78 is 22.2. The van der Waals surface area contributed by atoms with Gasteiger partial charge in [0.05, 0.1) is 6.61 Å². The Kier molecular flexibility index (Phi) is 8.27. The second-order valence-corrected chi connectivity index (χ2v) is 13.3. The standard InChI is InChI=1S/C36H35O2P/c1-29(30(2)39(37,34-24-14-6-15-25-34)35-26-16-7-17-27-35)28-38-36(31-18-8-3-9-19-31,32-20-10-4-11-21-32)33-22-12-5-13-23-33/h3-27,29-30H,28H2,1-2H3/t29-,30-/m1/s1. The lowest BCUT2D eigenvalue weighted by Crippen LogP contribution is -2.37. The van der Waals surface area contributed by atoms with Crippen molar-refractivity contribution in [1.29, 1.82) is 0 Å². The van der Waals surface area contributed by atoms with E-state index in [-0.39, 0.29) is 11.6 Å². The normalized spacial score (nSPS) is 13.5. The molecule has 0 aliphatic rings. The molecular formula is C36H35O2P. The molecule has 39 heavy (non-hydrogen) atoms. The first kappa shape index (κ1) is 26.9. The molecule has 0 amide bonds. The van der Waals surface area contributed by atoms with Gasteiger partial charge in [0.25, 0.3) is 0 Å². The maximum absolute atomic E-state index is 15.0. The van der Waals surface area contributed by atoms with Gasteiger partial charge in [0.1, 0.15) is 12.7 Å². The van der Waals surface area contributed by atoms with Crippen molar-refractivity contribution < 1.29 is 9.30 Å². The van der Waals surface area contributed by atoms with Crippen molar-refractivity contribution in [2.45, 2.75) is 25.1 Å². The van der Waals surface area contributed by atoms with Crippen LogP contribution in [0, 0.1) is 5.92 Å². The topological polar surface area (TPSA) is 26.3 Å². The molecule has 5 rings (SSSR count). The molecule has 0 aliphatic carbocycles. The minimum atomic E-state index is -2.95. The average molecular weight is 531 g/mol. The summed E-state index contributed by atoms with van der Waals surface area (Å²) >= 11 is 0. The van der Waals surface area contributed by atoms with E-state index >= 15 is 4.57 Å². The largest absolute Gasteiger partial charge is 0.361 e. The maximum atomic E-state index is 15.0. The molecule has 0 saturated heterocycles. The van der Waals surface area contributed by atoms with Crippen molar-refractivity contribution in [2.24, 2.45) is 5.92 Å².